The fraction of sp³-hybridized carbons (Fsp3) is 0.350. The zero-order chi connectivity index (χ0) is 15.6. The van der Waals surface area contributed by atoms with Gasteiger partial charge in [-0.3, -0.25) is 10.1 Å². The molecular weight excluding hydrogens is 320 g/mol. The Labute approximate surface area is 149 Å². The summed E-state index contributed by atoms with van der Waals surface area (Å²) in [5.41, 5.74) is 4.02. The topological polar surface area (TPSA) is 41.1 Å². The zero-order valence-corrected chi connectivity index (χ0v) is 14.4. The molecule has 0 bridgehead atoms. The first-order valence-corrected chi connectivity index (χ1v) is 8.48. The first kappa shape index (κ1) is 17.0. The number of nitrogens with one attached hydrogen (secondary N) is 2. The minimum absolute atomic E-state index is 0. The third kappa shape index (κ3) is 3.47. The molecule has 0 aromatic heterocycles. The van der Waals surface area contributed by atoms with Crippen LogP contribution < -0.4 is 10.6 Å². The van der Waals surface area contributed by atoms with Crippen molar-refractivity contribution >= 4 is 18.3 Å². The van der Waals surface area contributed by atoms with Gasteiger partial charge >= 0.3 is 0 Å². The van der Waals surface area contributed by atoms with Crippen LogP contribution >= 0.6 is 12.4 Å². The normalized spacial score (nSPS) is 22.7. The molecule has 1 saturated heterocycles. The molecule has 4 rings (SSSR count). The summed E-state index contributed by atoms with van der Waals surface area (Å²) in [7, 11) is 0. The van der Waals surface area contributed by atoms with Crippen LogP contribution in [0.25, 0.3) is 0 Å². The number of amides is 1. The molecule has 126 valence electrons. The largest absolute Gasteiger partial charge is 0.351 e. The first-order chi connectivity index (χ1) is 11.3. The molecule has 1 aliphatic heterocycles. The molecule has 0 spiro atoms. The molecule has 0 saturated carbocycles. The summed E-state index contributed by atoms with van der Waals surface area (Å²) in [6, 6.07) is 19.4. The monoisotopic (exact) mass is 342 g/mol. The molecule has 2 atom stereocenters. The van der Waals surface area contributed by atoms with Crippen molar-refractivity contribution in [2.45, 2.75) is 43.8 Å². The van der Waals surface area contributed by atoms with Crippen LogP contribution in [0.5, 0.6) is 0 Å². The van der Waals surface area contributed by atoms with Crippen LogP contribution in [0.2, 0.25) is 0 Å². The Morgan fingerprint density at radius 3 is 2.21 bits per heavy atom. The van der Waals surface area contributed by atoms with E-state index in [1.165, 1.54) is 16.7 Å². The molecule has 1 heterocycles. The van der Waals surface area contributed by atoms with E-state index in [9.17, 15) is 4.79 Å². The van der Waals surface area contributed by atoms with Gasteiger partial charge in [-0.1, -0.05) is 54.6 Å². The second kappa shape index (κ2) is 7.37. The van der Waals surface area contributed by atoms with Gasteiger partial charge in [0.1, 0.15) is 0 Å². The number of carbonyl (C=O) groups excluding carboxylic acids is 1. The minimum atomic E-state index is -0.0658. The summed E-state index contributed by atoms with van der Waals surface area (Å²) >= 11 is 0. The fourth-order valence-electron chi connectivity index (χ4n) is 3.86. The van der Waals surface area contributed by atoms with Crippen molar-refractivity contribution in [2.24, 2.45) is 0 Å². The third-order valence-electron chi connectivity index (χ3n) is 5.06. The Bertz CT molecular complexity index is 679. The SMILES string of the molecule is Cl.O=C(NC1Cc2ccccc2C1)[C@H]1CC[C@H](c2ccccc2)N1. The van der Waals surface area contributed by atoms with Crippen molar-refractivity contribution in [3.05, 3.63) is 71.3 Å². The number of halogens is 1. The van der Waals surface area contributed by atoms with Gasteiger partial charge in [-0.2, -0.15) is 0 Å². The lowest BCUT2D eigenvalue weighted by Gasteiger charge is -2.18. The van der Waals surface area contributed by atoms with Gasteiger partial charge in [-0.15, -0.1) is 12.4 Å². The molecule has 24 heavy (non-hydrogen) atoms. The van der Waals surface area contributed by atoms with E-state index in [1.807, 2.05) is 6.07 Å². The third-order valence-corrected chi connectivity index (χ3v) is 5.06. The van der Waals surface area contributed by atoms with E-state index in [1.54, 1.807) is 0 Å². The maximum Gasteiger partial charge on any atom is 0.237 e. The lowest BCUT2D eigenvalue weighted by atomic mass is 10.1. The maximum atomic E-state index is 12.6. The number of hydrogen-bond donors (Lipinski definition) is 2. The molecule has 0 radical (unpaired) electrons. The van der Waals surface area contributed by atoms with Crippen LogP contribution in [-0.4, -0.2) is 18.0 Å². The van der Waals surface area contributed by atoms with Crippen LogP contribution in [0, 0.1) is 0 Å². The summed E-state index contributed by atoms with van der Waals surface area (Å²) in [5, 5.41) is 6.73. The van der Waals surface area contributed by atoms with Crippen LogP contribution in [-0.2, 0) is 17.6 Å². The van der Waals surface area contributed by atoms with E-state index in [2.05, 4.69) is 59.2 Å². The smallest absolute Gasteiger partial charge is 0.237 e. The van der Waals surface area contributed by atoms with Gasteiger partial charge in [0.2, 0.25) is 5.91 Å². The van der Waals surface area contributed by atoms with E-state index in [-0.39, 0.29) is 30.4 Å². The highest BCUT2D eigenvalue weighted by molar-refractivity contribution is 5.85. The highest BCUT2D eigenvalue weighted by Gasteiger charge is 2.32. The van der Waals surface area contributed by atoms with E-state index >= 15 is 0 Å². The molecule has 0 unspecified atom stereocenters. The van der Waals surface area contributed by atoms with Gasteiger partial charge in [0, 0.05) is 12.1 Å². The molecule has 1 aliphatic carbocycles. The Morgan fingerprint density at radius 2 is 1.54 bits per heavy atom. The highest BCUT2D eigenvalue weighted by Crippen LogP contribution is 2.27. The molecular formula is C20H23ClN2O. The molecule has 2 aromatic rings. The summed E-state index contributed by atoms with van der Waals surface area (Å²) in [6.45, 7) is 0. The number of fused-ring (bicyclic) bond motifs is 1. The van der Waals surface area contributed by atoms with E-state index < -0.39 is 0 Å². The average molecular weight is 343 g/mol. The number of carbonyl (C=O) groups is 1. The van der Waals surface area contributed by atoms with Crippen molar-refractivity contribution < 1.29 is 4.79 Å². The fourth-order valence-corrected chi connectivity index (χ4v) is 3.86. The van der Waals surface area contributed by atoms with Crippen molar-refractivity contribution in [3.63, 3.8) is 0 Å². The predicted octanol–water partition coefficient (Wildman–Crippen LogP) is 3.19. The Balaban J connectivity index is 0.00000169. The maximum absolute atomic E-state index is 12.6. The van der Waals surface area contributed by atoms with Gasteiger partial charge in [0.25, 0.3) is 0 Å². The van der Waals surface area contributed by atoms with Crippen molar-refractivity contribution in [1.29, 1.82) is 0 Å². The Kier molecular flexibility index (Phi) is 5.22. The molecule has 2 N–H and O–H groups in total. The molecule has 2 aromatic carbocycles. The van der Waals surface area contributed by atoms with Gasteiger partial charge in [-0.25, -0.2) is 0 Å². The van der Waals surface area contributed by atoms with E-state index in [0.717, 1.165) is 25.7 Å². The minimum Gasteiger partial charge on any atom is -0.351 e. The van der Waals surface area contributed by atoms with Crippen molar-refractivity contribution in [1.82, 2.24) is 10.6 Å². The number of hydrogen-bond acceptors (Lipinski definition) is 2. The highest BCUT2D eigenvalue weighted by atomic mass is 35.5. The van der Waals surface area contributed by atoms with Crippen LogP contribution in [0.3, 0.4) is 0 Å². The Hall–Kier alpha value is -1.84. The lowest BCUT2D eigenvalue weighted by Crippen LogP contribution is -2.45. The molecule has 2 aliphatic rings. The van der Waals surface area contributed by atoms with Crippen molar-refractivity contribution in [2.75, 3.05) is 0 Å². The Morgan fingerprint density at radius 1 is 0.917 bits per heavy atom. The predicted molar refractivity (Wildman–Crippen MR) is 98.4 cm³/mol. The average Bonchev–Trinajstić information content (AvgIpc) is 3.22. The summed E-state index contributed by atoms with van der Waals surface area (Å²) < 4.78 is 0. The zero-order valence-electron chi connectivity index (χ0n) is 13.6. The van der Waals surface area contributed by atoms with Crippen molar-refractivity contribution in [3.8, 4) is 0 Å². The van der Waals surface area contributed by atoms with Crippen LogP contribution in [0.1, 0.15) is 35.6 Å². The number of rotatable bonds is 3. The quantitative estimate of drug-likeness (QED) is 0.899. The van der Waals surface area contributed by atoms with Gasteiger partial charge in [0.05, 0.1) is 6.04 Å². The molecule has 1 amide bonds. The van der Waals surface area contributed by atoms with E-state index in [4.69, 9.17) is 0 Å². The van der Waals surface area contributed by atoms with Crippen LogP contribution in [0.15, 0.2) is 54.6 Å². The summed E-state index contributed by atoms with van der Waals surface area (Å²) in [4.78, 5) is 12.6. The van der Waals surface area contributed by atoms with E-state index in [0.29, 0.717) is 6.04 Å². The van der Waals surface area contributed by atoms with Gasteiger partial charge < -0.3 is 5.32 Å². The second-order valence-electron chi connectivity index (χ2n) is 6.64. The first-order valence-electron chi connectivity index (χ1n) is 8.48. The summed E-state index contributed by atoms with van der Waals surface area (Å²) in [6.07, 6.45) is 3.84. The molecule has 3 nitrogen and oxygen atoms in total. The standard InChI is InChI=1S/C20H22N2O.ClH/c23-20(21-17-12-15-8-4-5-9-16(15)13-17)19-11-10-18(22-19)14-6-2-1-3-7-14;/h1-9,17-19,22H,10-13H2,(H,21,23);1H/t18-,19-;/m1./s1. The molecule has 1 fully saturated rings. The second-order valence-corrected chi connectivity index (χ2v) is 6.64. The lowest BCUT2D eigenvalue weighted by molar-refractivity contribution is -0.123. The number of benzene rings is 2. The molecule has 4 heteroatoms. The van der Waals surface area contributed by atoms with Gasteiger partial charge in [-0.05, 0) is 42.4 Å². The summed E-state index contributed by atoms with van der Waals surface area (Å²) in [5.74, 6) is 0.154. The van der Waals surface area contributed by atoms with Crippen LogP contribution in [0.4, 0.5) is 0 Å². The van der Waals surface area contributed by atoms with Gasteiger partial charge in [0.15, 0.2) is 0 Å².